The molecule has 1 aromatic carbocycles. The topological polar surface area (TPSA) is 122 Å². The molecule has 3 aromatic rings. The number of nitrogens with zero attached hydrogens (tertiary/aromatic N) is 5. The van der Waals surface area contributed by atoms with Gasteiger partial charge in [0, 0.05) is 29.7 Å². The van der Waals surface area contributed by atoms with E-state index in [0.717, 1.165) is 0 Å². The quantitative estimate of drug-likeness (QED) is 0.506. The summed E-state index contributed by atoms with van der Waals surface area (Å²) in [7, 11) is 0. The number of carboxylic acid groups (broad SMARTS) is 1. The number of piperidine rings is 1. The number of halogens is 2. The van der Waals surface area contributed by atoms with E-state index in [4.69, 9.17) is 22.4 Å². The number of rotatable bonds is 4. The van der Waals surface area contributed by atoms with Gasteiger partial charge in [-0.3, -0.25) is 0 Å². The Labute approximate surface area is 195 Å². The van der Waals surface area contributed by atoms with Gasteiger partial charge in [0.2, 0.25) is 0 Å². The number of nitrogens with one attached hydrogen (secondary N) is 1. The van der Waals surface area contributed by atoms with Crippen molar-refractivity contribution in [1.29, 1.82) is 0 Å². The Balaban J connectivity index is 1.69. The lowest BCUT2D eigenvalue weighted by Crippen LogP contribution is -2.51. The fraction of sp³-hybridized carbons (Fsp3) is 0.455. The van der Waals surface area contributed by atoms with Crippen LogP contribution in [0.4, 0.5) is 20.8 Å². The highest BCUT2D eigenvalue weighted by Crippen LogP contribution is 2.39. The van der Waals surface area contributed by atoms with Gasteiger partial charge < -0.3 is 21.1 Å². The van der Waals surface area contributed by atoms with Gasteiger partial charge in [-0.1, -0.05) is 38.4 Å². The highest BCUT2D eigenvalue weighted by Gasteiger charge is 2.40. The summed E-state index contributed by atoms with van der Waals surface area (Å²) in [4.78, 5) is 21.8. The van der Waals surface area contributed by atoms with Crippen LogP contribution < -0.4 is 11.1 Å². The Bertz CT molecular complexity index is 1170. The molecule has 1 aliphatic rings. The molecule has 0 radical (unpaired) electrons. The molecule has 0 bridgehead atoms. The zero-order valence-electron chi connectivity index (χ0n) is 18.7. The lowest BCUT2D eigenvalue weighted by molar-refractivity contribution is 0.0415. The van der Waals surface area contributed by atoms with Crippen LogP contribution in [0, 0.1) is 11.2 Å². The molecule has 2 unspecified atom stereocenters. The van der Waals surface area contributed by atoms with Crippen LogP contribution in [-0.4, -0.2) is 48.4 Å². The first-order valence-electron chi connectivity index (χ1n) is 10.7. The van der Waals surface area contributed by atoms with E-state index in [1.807, 2.05) is 20.8 Å². The third-order valence-electron chi connectivity index (χ3n) is 6.18. The van der Waals surface area contributed by atoms with Gasteiger partial charge in [-0.15, -0.1) is 0 Å². The maximum absolute atomic E-state index is 14.2. The average Bonchev–Trinajstić information content (AvgIpc) is 3.12. The minimum Gasteiger partial charge on any atom is -0.465 e. The molecule has 2 aromatic heterocycles. The zero-order chi connectivity index (χ0) is 23.9. The molecule has 9 nitrogen and oxygen atoms in total. The van der Waals surface area contributed by atoms with Gasteiger partial charge >= 0.3 is 6.09 Å². The molecule has 1 aliphatic heterocycles. The Morgan fingerprint density at radius 1 is 1.36 bits per heavy atom. The molecule has 176 valence electrons. The van der Waals surface area contributed by atoms with Gasteiger partial charge in [0.05, 0.1) is 6.04 Å². The minimum absolute atomic E-state index is 0.0887. The van der Waals surface area contributed by atoms with Crippen molar-refractivity contribution in [3.8, 4) is 0 Å². The predicted octanol–water partition coefficient (Wildman–Crippen LogP) is 4.54. The number of anilines is 2. The molecule has 0 spiro atoms. The largest absolute Gasteiger partial charge is 0.465 e. The summed E-state index contributed by atoms with van der Waals surface area (Å²) in [5.74, 6) is 0.260. The van der Waals surface area contributed by atoms with Crippen molar-refractivity contribution in [1.82, 2.24) is 24.6 Å². The number of hydrogen-bond donors (Lipinski definition) is 3. The number of amides is 1. The van der Waals surface area contributed by atoms with Crippen LogP contribution in [0.25, 0.3) is 11.0 Å². The highest BCUT2D eigenvalue weighted by molar-refractivity contribution is 6.31. The van der Waals surface area contributed by atoms with E-state index in [-0.39, 0.29) is 29.9 Å². The van der Waals surface area contributed by atoms with Crippen LogP contribution in [0.2, 0.25) is 5.02 Å². The normalized spacial score (nSPS) is 19.1. The van der Waals surface area contributed by atoms with Crippen molar-refractivity contribution in [3.63, 3.8) is 0 Å². The summed E-state index contributed by atoms with van der Waals surface area (Å²) >= 11 is 6.16. The second kappa shape index (κ2) is 8.66. The number of carbonyl (C=O) groups is 1. The predicted molar refractivity (Wildman–Crippen MR) is 125 cm³/mol. The number of hydrogen-bond acceptors (Lipinski definition) is 6. The van der Waals surface area contributed by atoms with Crippen LogP contribution >= 0.6 is 11.6 Å². The second-order valence-corrected chi connectivity index (χ2v) is 9.75. The summed E-state index contributed by atoms with van der Waals surface area (Å²) < 4.78 is 16.0. The highest BCUT2D eigenvalue weighted by atomic mass is 35.5. The molecule has 4 N–H and O–H groups in total. The summed E-state index contributed by atoms with van der Waals surface area (Å²) in [6.07, 6.45) is 1.61. The van der Waals surface area contributed by atoms with Crippen LogP contribution in [0.15, 0.2) is 24.5 Å². The third-order valence-corrected chi connectivity index (χ3v) is 6.53. The molecule has 1 fully saturated rings. The lowest BCUT2D eigenvalue weighted by atomic mass is 9.79. The zero-order valence-corrected chi connectivity index (χ0v) is 19.5. The molecule has 3 heterocycles. The van der Waals surface area contributed by atoms with E-state index in [2.05, 4.69) is 15.3 Å². The molecule has 1 saturated heterocycles. The molecule has 0 aliphatic carbocycles. The van der Waals surface area contributed by atoms with Gasteiger partial charge in [0.1, 0.15) is 23.3 Å². The van der Waals surface area contributed by atoms with Gasteiger partial charge in [-0.2, -0.15) is 5.10 Å². The van der Waals surface area contributed by atoms with Crippen LogP contribution in [0.3, 0.4) is 0 Å². The molecule has 33 heavy (non-hydrogen) atoms. The minimum atomic E-state index is -0.922. The summed E-state index contributed by atoms with van der Waals surface area (Å²) in [6.45, 7) is 6.58. The molecular formula is C22H27ClFN7O2. The molecule has 1 amide bonds. The lowest BCUT2D eigenvalue weighted by Gasteiger charge is -2.44. The van der Waals surface area contributed by atoms with Crippen LogP contribution in [-0.2, 0) is 6.54 Å². The van der Waals surface area contributed by atoms with Crippen LogP contribution in [0.5, 0.6) is 0 Å². The fourth-order valence-corrected chi connectivity index (χ4v) is 4.70. The number of fused-ring (bicyclic) bond motifs is 1. The van der Waals surface area contributed by atoms with Crippen molar-refractivity contribution < 1.29 is 14.3 Å². The Morgan fingerprint density at radius 3 is 2.79 bits per heavy atom. The standard InChI is InChI=1S/C22H27ClFN7O2/c1-22(2,3)16-9-12(7-8-30(16)21(32)33)31-20-17(18(25)27-11-28-20)19(29-31)26-10-13-14(23)5-4-6-15(13)24/h4-6,11-12,16H,7-10H2,1-3H3,(H,26,29)(H,32,33)(H2,25,27,28). The Hall–Kier alpha value is -3.14. The molecule has 0 saturated carbocycles. The number of likely N-dealkylation sites (tertiary alicyclic amines) is 1. The van der Waals surface area contributed by atoms with E-state index in [1.165, 1.54) is 17.3 Å². The van der Waals surface area contributed by atoms with E-state index in [0.29, 0.717) is 46.8 Å². The van der Waals surface area contributed by atoms with Crippen molar-refractivity contribution >= 4 is 40.4 Å². The fourth-order valence-electron chi connectivity index (χ4n) is 4.47. The Kier molecular flexibility index (Phi) is 6.04. The van der Waals surface area contributed by atoms with E-state index in [9.17, 15) is 14.3 Å². The number of benzene rings is 1. The SMILES string of the molecule is CC(C)(C)C1CC(n2nc(NCc3c(F)cccc3Cl)c3c(N)ncnc32)CCN1C(=O)O. The van der Waals surface area contributed by atoms with E-state index in [1.54, 1.807) is 16.8 Å². The summed E-state index contributed by atoms with van der Waals surface area (Å²) in [5.41, 5.74) is 6.77. The van der Waals surface area contributed by atoms with Gasteiger partial charge in [-0.05, 0) is 30.4 Å². The van der Waals surface area contributed by atoms with Crippen molar-refractivity contribution in [3.05, 3.63) is 40.9 Å². The first-order valence-corrected chi connectivity index (χ1v) is 11.1. The first-order chi connectivity index (χ1) is 15.6. The summed E-state index contributed by atoms with van der Waals surface area (Å²) in [5, 5.41) is 18.4. The van der Waals surface area contributed by atoms with Crippen molar-refractivity contribution in [2.24, 2.45) is 5.41 Å². The van der Waals surface area contributed by atoms with Crippen LogP contribution in [0.1, 0.15) is 45.2 Å². The summed E-state index contributed by atoms with van der Waals surface area (Å²) in [6, 6.07) is 4.24. The molecule has 11 heteroatoms. The van der Waals surface area contributed by atoms with Gasteiger partial charge in [0.25, 0.3) is 0 Å². The van der Waals surface area contributed by atoms with Gasteiger partial charge in [0.15, 0.2) is 11.5 Å². The van der Waals surface area contributed by atoms with Gasteiger partial charge in [-0.25, -0.2) is 23.8 Å². The number of nitrogens with two attached hydrogens (primary N) is 1. The second-order valence-electron chi connectivity index (χ2n) is 9.34. The molecule has 2 atom stereocenters. The molecule has 4 rings (SSSR count). The maximum atomic E-state index is 14.2. The van der Waals surface area contributed by atoms with Crippen molar-refractivity contribution in [2.45, 2.75) is 52.2 Å². The van der Waals surface area contributed by atoms with E-state index >= 15 is 0 Å². The Morgan fingerprint density at radius 2 is 2.12 bits per heavy atom. The molecular weight excluding hydrogens is 449 g/mol. The number of aromatic nitrogens is 4. The monoisotopic (exact) mass is 475 g/mol. The smallest absolute Gasteiger partial charge is 0.407 e. The first kappa shape index (κ1) is 23.0. The van der Waals surface area contributed by atoms with E-state index < -0.39 is 11.9 Å². The average molecular weight is 476 g/mol. The third kappa shape index (κ3) is 4.39. The maximum Gasteiger partial charge on any atom is 0.407 e. The number of nitrogen functional groups attached to an aromatic ring is 1. The van der Waals surface area contributed by atoms with Crippen molar-refractivity contribution in [2.75, 3.05) is 17.6 Å².